The second-order valence-corrected chi connectivity index (χ2v) is 6.87. The third-order valence-corrected chi connectivity index (χ3v) is 4.79. The van der Waals surface area contributed by atoms with Gasteiger partial charge in [0, 0.05) is 32.0 Å². The van der Waals surface area contributed by atoms with Gasteiger partial charge in [-0.2, -0.15) is 5.26 Å². The van der Waals surface area contributed by atoms with Crippen molar-refractivity contribution in [2.45, 2.75) is 25.5 Å². The summed E-state index contributed by atoms with van der Waals surface area (Å²) in [5, 5.41) is 9.27. The van der Waals surface area contributed by atoms with Crippen LogP contribution in [0.1, 0.15) is 24.0 Å². The molecule has 5 nitrogen and oxygen atoms in total. The summed E-state index contributed by atoms with van der Waals surface area (Å²) in [6.45, 7) is 1.95. The molecule has 1 atom stereocenters. The number of anilines is 1. The lowest BCUT2D eigenvalue weighted by Gasteiger charge is -2.22. The number of hydrogen-bond donors (Lipinski definition) is 0. The molecule has 6 heteroatoms. The zero-order valence-corrected chi connectivity index (χ0v) is 15.7. The second-order valence-electron chi connectivity index (χ2n) is 6.02. The highest BCUT2D eigenvalue weighted by molar-refractivity contribution is 9.10. The smallest absolute Gasteiger partial charge is 0.146 e. The molecule has 0 radical (unpaired) electrons. The van der Waals surface area contributed by atoms with Crippen molar-refractivity contribution in [2.75, 3.05) is 25.2 Å². The van der Waals surface area contributed by atoms with Gasteiger partial charge in [-0.05, 0) is 47.0 Å². The molecule has 130 valence electrons. The molecule has 1 aromatic carbocycles. The van der Waals surface area contributed by atoms with Gasteiger partial charge in [-0.15, -0.1) is 0 Å². The summed E-state index contributed by atoms with van der Waals surface area (Å²) < 4.78 is 12.6. The summed E-state index contributed by atoms with van der Waals surface area (Å²) >= 11 is 3.58. The van der Waals surface area contributed by atoms with E-state index >= 15 is 0 Å². The van der Waals surface area contributed by atoms with E-state index in [-0.39, 0.29) is 6.10 Å². The predicted molar refractivity (Wildman–Crippen MR) is 99.7 cm³/mol. The second kappa shape index (κ2) is 8.32. The molecule has 1 saturated heterocycles. The summed E-state index contributed by atoms with van der Waals surface area (Å²) in [4.78, 5) is 6.30. The van der Waals surface area contributed by atoms with Gasteiger partial charge in [0.25, 0.3) is 0 Å². The van der Waals surface area contributed by atoms with Gasteiger partial charge in [-0.3, -0.25) is 0 Å². The molecule has 0 saturated carbocycles. The first-order valence-corrected chi connectivity index (χ1v) is 9.06. The molecule has 1 aromatic heterocycles. The van der Waals surface area contributed by atoms with Crippen molar-refractivity contribution in [1.29, 1.82) is 5.26 Å². The number of benzene rings is 1. The number of para-hydroxylation sites is 1. The summed E-state index contributed by atoms with van der Waals surface area (Å²) in [5.74, 6) is 1.48. The number of aromatic nitrogens is 1. The Morgan fingerprint density at radius 2 is 2.28 bits per heavy atom. The number of hydrogen-bond acceptors (Lipinski definition) is 5. The molecule has 1 unspecified atom stereocenters. The topological polar surface area (TPSA) is 58.4 Å². The number of nitrogens with zero attached hydrogens (tertiary/aromatic N) is 3. The minimum atomic E-state index is 0.165. The fraction of sp³-hybridized carbons (Fsp3) is 0.368. The summed E-state index contributed by atoms with van der Waals surface area (Å²) in [6.07, 6.45) is 4.00. The zero-order chi connectivity index (χ0) is 17.6. The van der Waals surface area contributed by atoms with Crippen LogP contribution in [-0.4, -0.2) is 31.3 Å². The number of pyridine rings is 1. The Kier molecular flexibility index (Phi) is 5.90. The molecule has 0 amide bonds. The molecule has 0 aliphatic carbocycles. The average Bonchev–Trinajstić information content (AvgIpc) is 3.14. The first-order valence-electron chi connectivity index (χ1n) is 8.27. The van der Waals surface area contributed by atoms with Gasteiger partial charge in [0.2, 0.25) is 0 Å². The van der Waals surface area contributed by atoms with Crippen molar-refractivity contribution in [1.82, 2.24) is 4.98 Å². The normalized spacial score (nSPS) is 16.4. The van der Waals surface area contributed by atoms with Crippen LogP contribution in [-0.2, 0) is 11.3 Å². The van der Waals surface area contributed by atoms with Crippen LogP contribution in [0.3, 0.4) is 0 Å². The highest BCUT2D eigenvalue weighted by Crippen LogP contribution is 2.31. The SMILES string of the molecule is CN(Cc1cccc(Br)c1OCC1CCCO1)c1ncccc1C#N. The Hall–Kier alpha value is -2.10. The molecule has 2 aromatic rings. The average molecular weight is 402 g/mol. The van der Waals surface area contributed by atoms with Gasteiger partial charge in [-0.25, -0.2) is 4.98 Å². The molecule has 0 N–H and O–H groups in total. The fourth-order valence-corrected chi connectivity index (χ4v) is 3.43. The van der Waals surface area contributed by atoms with E-state index < -0.39 is 0 Å². The van der Waals surface area contributed by atoms with Crippen LogP contribution in [0.4, 0.5) is 5.82 Å². The zero-order valence-electron chi connectivity index (χ0n) is 14.1. The number of nitriles is 1. The predicted octanol–water partition coefficient (Wildman–Crippen LogP) is 3.91. The molecular formula is C19H20BrN3O2. The summed E-state index contributed by atoms with van der Waals surface area (Å²) in [5.41, 5.74) is 1.59. The maximum absolute atomic E-state index is 9.27. The lowest BCUT2D eigenvalue weighted by molar-refractivity contribution is 0.0673. The van der Waals surface area contributed by atoms with Gasteiger partial charge in [0.1, 0.15) is 24.2 Å². The molecule has 0 spiro atoms. The van der Waals surface area contributed by atoms with Crippen LogP contribution in [0.2, 0.25) is 0 Å². The highest BCUT2D eigenvalue weighted by atomic mass is 79.9. The summed E-state index contributed by atoms with van der Waals surface area (Å²) in [7, 11) is 1.92. The van der Waals surface area contributed by atoms with Gasteiger partial charge in [0.15, 0.2) is 0 Å². The first-order chi connectivity index (χ1) is 12.2. The van der Waals surface area contributed by atoms with Crippen LogP contribution in [0.25, 0.3) is 0 Å². The van der Waals surface area contributed by atoms with Crippen molar-refractivity contribution in [2.24, 2.45) is 0 Å². The molecule has 3 rings (SSSR count). The van der Waals surface area contributed by atoms with Gasteiger partial charge in [0.05, 0.1) is 16.1 Å². The quantitative estimate of drug-likeness (QED) is 0.734. The van der Waals surface area contributed by atoms with E-state index in [1.54, 1.807) is 18.3 Å². The van der Waals surface area contributed by atoms with Gasteiger partial charge in [-0.1, -0.05) is 12.1 Å². The van der Waals surface area contributed by atoms with E-state index in [2.05, 4.69) is 27.0 Å². The minimum Gasteiger partial charge on any atom is -0.489 e. The summed E-state index contributed by atoms with van der Waals surface area (Å²) in [6, 6.07) is 11.7. The van der Waals surface area contributed by atoms with Crippen molar-refractivity contribution in [3.8, 4) is 11.8 Å². The maximum Gasteiger partial charge on any atom is 0.146 e. The third-order valence-electron chi connectivity index (χ3n) is 4.16. The molecule has 25 heavy (non-hydrogen) atoms. The maximum atomic E-state index is 9.27. The van der Waals surface area contributed by atoms with E-state index in [0.717, 1.165) is 35.2 Å². The van der Waals surface area contributed by atoms with E-state index in [9.17, 15) is 5.26 Å². The molecular weight excluding hydrogens is 382 g/mol. The molecule has 1 aliphatic rings. The standard InChI is InChI=1S/C19H20BrN3O2/c1-23(19-14(11-21)6-3-9-22-19)12-15-5-2-8-17(20)18(15)25-13-16-7-4-10-24-16/h2-3,5-6,8-9,16H,4,7,10,12-13H2,1H3. The van der Waals surface area contributed by atoms with Crippen molar-refractivity contribution in [3.63, 3.8) is 0 Å². The number of halogens is 1. The Morgan fingerprint density at radius 3 is 3.04 bits per heavy atom. The Balaban J connectivity index is 1.77. The van der Waals surface area contributed by atoms with Crippen LogP contribution in [0.15, 0.2) is 41.0 Å². The van der Waals surface area contributed by atoms with Crippen LogP contribution in [0, 0.1) is 11.3 Å². The Bertz CT molecular complexity index is 770. The lowest BCUT2D eigenvalue weighted by Crippen LogP contribution is -2.21. The highest BCUT2D eigenvalue weighted by Gasteiger charge is 2.19. The third kappa shape index (κ3) is 4.30. The van der Waals surface area contributed by atoms with Crippen molar-refractivity contribution in [3.05, 3.63) is 52.1 Å². The largest absolute Gasteiger partial charge is 0.489 e. The Labute approximate surface area is 156 Å². The van der Waals surface area contributed by atoms with Crippen molar-refractivity contribution < 1.29 is 9.47 Å². The number of ether oxygens (including phenoxy) is 2. The van der Waals surface area contributed by atoms with Gasteiger partial charge < -0.3 is 14.4 Å². The van der Waals surface area contributed by atoms with Crippen LogP contribution < -0.4 is 9.64 Å². The van der Waals surface area contributed by atoms with E-state index in [1.165, 1.54) is 0 Å². The molecule has 1 fully saturated rings. The minimum absolute atomic E-state index is 0.165. The van der Waals surface area contributed by atoms with Crippen molar-refractivity contribution >= 4 is 21.7 Å². The lowest BCUT2D eigenvalue weighted by atomic mass is 10.1. The van der Waals surface area contributed by atoms with E-state index in [4.69, 9.17) is 9.47 Å². The molecule has 2 heterocycles. The fourth-order valence-electron chi connectivity index (χ4n) is 2.91. The van der Waals surface area contributed by atoms with Crippen LogP contribution >= 0.6 is 15.9 Å². The van der Waals surface area contributed by atoms with E-state index in [0.29, 0.717) is 24.5 Å². The molecule has 1 aliphatic heterocycles. The monoisotopic (exact) mass is 401 g/mol. The molecule has 0 bridgehead atoms. The first kappa shape index (κ1) is 17.7. The number of rotatable bonds is 6. The Morgan fingerprint density at radius 1 is 1.40 bits per heavy atom. The van der Waals surface area contributed by atoms with Crippen LogP contribution in [0.5, 0.6) is 5.75 Å². The van der Waals surface area contributed by atoms with E-state index in [1.807, 2.05) is 30.1 Å². The van der Waals surface area contributed by atoms with Gasteiger partial charge >= 0.3 is 0 Å².